The largest absolute Gasteiger partial charge is 0.384 e. The van der Waals surface area contributed by atoms with Crippen LogP contribution in [0.5, 0.6) is 0 Å². The summed E-state index contributed by atoms with van der Waals surface area (Å²) < 4.78 is 0. The molecule has 1 aliphatic heterocycles. The second-order valence-corrected chi connectivity index (χ2v) is 4.28. The molecule has 98 valence electrons. The van der Waals surface area contributed by atoms with E-state index in [2.05, 4.69) is 17.2 Å². The lowest BCUT2D eigenvalue weighted by Crippen LogP contribution is -2.50. The molecule has 1 saturated heterocycles. The molecule has 2 rings (SSSR count). The lowest BCUT2D eigenvalue weighted by molar-refractivity contribution is -0.136. The van der Waals surface area contributed by atoms with Gasteiger partial charge in [-0.2, -0.15) is 0 Å². The van der Waals surface area contributed by atoms with Crippen LogP contribution in [0.4, 0.5) is 0 Å². The van der Waals surface area contributed by atoms with Crippen molar-refractivity contribution in [3.8, 4) is 11.8 Å². The van der Waals surface area contributed by atoms with Crippen molar-refractivity contribution < 1.29 is 14.7 Å². The Kier molecular flexibility index (Phi) is 4.29. The molecule has 0 aromatic heterocycles. The summed E-state index contributed by atoms with van der Waals surface area (Å²) in [6.07, 6.45) is 0. The summed E-state index contributed by atoms with van der Waals surface area (Å²) >= 11 is 0. The predicted molar refractivity (Wildman–Crippen MR) is 68.8 cm³/mol. The number of rotatable bonds is 2. The molecule has 5 heteroatoms. The average Bonchev–Trinajstić information content (AvgIpc) is 2.35. The number of amides is 2. The molecule has 5 nitrogen and oxygen atoms in total. The minimum Gasteiger partial charge on any atom is -0.384 e. The topological polar surface area (TPSA) is 69.6 Å². The second kappa shape index (κ2) is 6.14. The lowest BCUT2D eigenvalue weighted by Gasteiger charge is -2.25. The van der Waals surface area contributed by atoms with Gasteiger partial charge in [-0.15, -0.1) is 0 Å². The number of aliphatic hydroxyl groups is 1. The Morgan fingerprint density at radius 1 is 1.26 bits per heavy atom. The molecule has 1 heterocycles. The molecular formula is C14H14N2O3. The van der Waals surface area contributed by atoms with Gasteiger partial charge in [-0.05, 0) is 17.7 Å². The summed E-state index contributed by atoms with van der Waals surface area (Å²) in [6, 6.07) is 7.52. The first-order valence-corrected chi connectivity index (χ1v) is 5.91. The molecule has 19 heavy (non-hydrogen) atoms. The predicted octanol–water partition coefficient (Wildman–Crippen LogP) is -0.511. The highest BCUT2D eigenvalue weighted by molar-refractivity contribution is 5.99. The third-order valence-electron chi connectivity index (χ3n) is 2.66. The van der Waals surface area contributed by atoms with Gasteiger partial charge in [-0.25, -0.2) is 0 Å². The summed E-state index contributed by atoms with van der Waals surface area (Å²) in [6.45, 7) is 0.787. The molecule has 0 saturated carbocycles. The zero-order valence-corrected chi connectivity index (χ0v) is 10.3. The van der Waals surface area contributed by atoms with Gasteiger partial charge in [0, 0.05) is 12.1 Å². The lowest BCUT2D eigenvalue weighted by atomic mass is 10.1. The first kappa shape index (κ1) is 13.3. The van der Waals surface area contributed by atoms with Crippen LogP contribution in [0.3, 0.4) is 0 Å². The van der Waals surface area contributed by atoms with Crippen LogP contribution in [0.1, 0.15) is 11.1 Å². The van der Waals surface area contributed by atoms with Gasteiger partial charge in [-0.3, -0.25) is 19.8 Å². The molecule has 1 aromatic carbocycles. The van der Waals surface area contributed by atoms with E-state index in [0.29, 0.717) is 6.54 Å². The van der Waals surface area contributed by atoms with E-state index >= 15 is 0 Å². The number of imide groups is 1. The van der Waals surface area contributed by atoms with Crippen molar-refractivity contribution in [1.82, 2.24) is 10.2 Å². The number of hydrogen-bond donors (Lipinski definition) is 2. The first-order chi connectivity index (χ1) is 9.17. The zero-order chi connectivity index (χ0) is 13.7. The van der Waals surface area contributed by atoms with Crippen LogP contribution in [0.25, 0.3) is 0 Å². The van der Waals surface area contributed by atoms with Gasteiger partial charge in [0.15, 0.2) is 0 Å². The van der Waals surface area contributed by atoms with E-state index in [1.807, 2.05) is 24.3 Å². The van der Waals surface area contributed by atoms with Crippen molar-refractivity contribution in [3.05, 3.63) is 35.4 Å². The SMILES string of the molecule is O=C1CN(Cc2cccc(C#CCO)c2)CC(=O)N1. The number of aliphatic hydroxyl groups excluding tert-OH is 1. The Labute approximate surface area is 111 Å². The van der Waals surface area contributed by atoms with E-state index in [-0.39, 0.29) is 31.5 Å². The van der Waals surface area contributed by atoms with Crippen LogP contribution in [-0.2, 0) is 16.1 Å². The van der Waals surface area contributed by atoms with Crippen LogP contribution in [-0.4, -0.2) is 41.5 Å². The second-order valence-electron chi connectivity index (χ2n) is 4.28. The quantitative estimate of drug-likeness (QED) is 0.553. The molecule has 2 N–H and O–H groups in total. The van der Waals surface area contributed by atoms with Crippen LogP contribution in [0.2, 0.25) is 0 Å². The Morgan fingerprint density at radius 2 is 2.00 bits per heavy atom. The molecule has 0 spiro atoms. The number of nitrogens with one attached hydrogen (secondary N) is 1. The Morgan fingerprint density at radius 3 is 2.68 bits per heavy atom. The maximum absolute atomic E-state index is 11.3. The normalized spacial score (nSPS) is 15.6. The molecule has 1 aliphatic rings. The van der Waals surface area contributed by atoms with E-state index < -0.39 is 0 Å². The molecule has 1 fully saturated rings. The number of hydrogen-bond acceptors (Lipinski definition) is 4. The van der Waals surface area contributed by atoms with Crippen molar-refractivity contribution >= 4 is 11.8 Å². The third-order valence-corrected chi connectivity index (χ3v) is 2.66. The van der Waals surface area contributed by atoms with Crippen molar-refractivity contribution in [2.24, 2.45) is 0 Å². The minimum atomic E-state index is -0.271. The van der Waals surface area contributed by atoms with Gasteiger partial charge in [0.1, 0.15) is 6.61 Å². The number of carbonyl (C=O) groups is 2. The highest BCUT2D eigenvalue weighted by atomic mass is 16.2. The molecule has 0 radical (unpaired) electrons. The monoisotopic (exact) mass is 258 g/mol. The first-order valence-electron chi connectivity index (χ1n) is 5.91. The van der Waals surface area contributed by atoms with Crippen molar-refractivity contribution in [2.45, 2.75) is 6.54 Å². The van der Waals surface area contributed by atoms with E-state index in [1.165, 1.54) is 0 Å². The number of benzene rings is 1. The standard InChI is InChI=1S/C14H14N2O3/c17-6-2-5-11-3-1-4-12(7-11)8-16-9-13(18)15-14(19)10-16/h1,3-4,7,17H,6,8-10H2,(H,15,18,19). The van der Waals surface area contributed by atoms with E-state index in [0.717, 1.165) is 11.1 Å². The van der Waals surface area contributed by atoms with E-state index in [4.69, 9.17) is 5.11 Å². The Balaban J connectivity index is 2.06. The third kappa shape index (κ3) is 3.91. The van der Waals surface area contributed by atoms with Gasteiger partial charge in [0.05, 0.1) is 13.1 Å². The molecular weight excluding hydrogens is 244 g/mol. The van der Waals surface area contributed by atoms with Crippen molar-refractivity contribution in [2.75, 3.05) is 19.7 Å². The Hall–Kier alpha value is -2.16. The van der Waals surface area contributed by atoms with Gasteiger partial charge in [0.25, 0.3) is 0 Å². The van der Waals surface area contributed by atoms with E-state index in [9.17, 15) is 9.59 Å². The summed E-state index contributed by atoms with van der Waals surface area (Å²) in [5, 5.41) is 10.9. The smallest absolute Gasteiger partial charge is 0.240 e. The Bertz CT molecular complexity index is 541. The van der Waals surface area contributed by atoms with Gasteiger partial charge in [-0.1, -0.05) is 24.0 Å². The summed E-state index contributed by atoms with van der Waals surface area (Å²) in [5.41, 5.74) is 1.78. The highest BCUT2D eigenvalue weighted by Gasteiger charge is 2.22. The number of nitrogens with zero attached hydrogens (tertiary/aromatic N) is 1. The van der Waals surface area contributed by atoms with Gasteiger partial charge in [0.2, 0.25) is 11.8 Å². The zero-order valence-electron chi connectivity index (χ0n) is 10.3. The summed E-state index contributed by atoms with van der Waals surface area (Å²) in [7, 11) is 0. The fourth-order valence-electron chi connectivity index (χ4n) is 1.96. The maximum atomic E-state index is 11.3. The van der Waals surface area contributed by atoms with Crippen LogP contribution < -0.4 is 5.32 Å². The van der Waals surface area contributed by atoms with Gasteiger partial charge >= 0.3 is 0 Å². The van der Waals surface area contributed by atoms with Crippen LogP contribution >= 0.6 is 0 Å². The number of carbonyl (C=O) groups excluding carboxylic acids is 2. The summed E-state index contributed by atoms with van der Waals surface area (Å²) in [5.74, 6) is 4.87. The molecule has 2 amide bonds. The van der Waals surface area contributed by atoms with Crippen LogP contribution in [0, 0.1) is 11.8 Å². The fraction of sp³-hybridized carbons (Fsp3) is 0.286. The molecule has 0 bridgehead atoms. The highest BCUT2D eigenvalue weighted by Crippen LogP contribution is 2.08. The fourth-order valence-corrected chi connectivity index (χ4v) is 1.96. The number of piperazine rings is 1. The average molecular weight is 258 g/mol. The van der Waals surface area contributed by atoms with Gasteiger partial charge < -0.3 is 5.11 Å². The molecule has 1 aromatic rings. The van der Waals surface area contributed by atoms with Crippen LogP contribution in [0.15, 0.2) is 24.3 Å². The van der Waals surface area contributed by atoms with Crippen molar-refractivity contribution in [3.63, 3.8) is 0 Å². The summed E-state index contributed by atoms with van der Waals surface area (Å²) in [4.78, 5) is 24.3. The molecule has 0 atom stereocenters. The maximum Gasteiger partial charge on any atom is 0.240 e. The molecule has 0 unspecified atom stereocenters. The van der Waals surface area contributed by atoms with E-state index in [1.54, 1.807) is 4.90 Å². The minimum absolute atomic E-state index is 0.176. The molecule has 0 aliphatic carbocycles. The van der Waals surface area contributed by atoms with Crippen molar-refractivity contribution in [1.29, 1.82) is 0 Å².